The Morgan fingerprint density at radius 2 is 2.47 bits per heavy atom. The average Bonchev–Trinajstić information content (AvgIpc) is 2.38. The maximum Gasteiger partial charge on any atom is 0.139 e. The molecule has 0 amide bonds. The Labute approximate surface area is 106 Å². The molecule has 0 N–H and O–H groups in total. The summed E-state index contributed by atoms with van der Waals surface area (Å²) < 4.78 is 11.1. The van der Waals surface area contributed by atoms with Gasteiger partial charge in [-0.25, -0.2) is 0 Å². The van der Waals surface area contributed by atoms with Crippen molar-refractivity contribution >= 4 is 11.6 Å². The van der Waals surface area contributed by atoms with Gasteiger partial charge in [0.1, 0.15) is 11.9 Å². The van der Waals surface area contributed by atoms with E-state index in [0.29, 0.717) is 12.5 Å². The van der Waals surface area contributed by atoms with Crippen LogP contribution < -0.4 is 4.74 Å². The van der Waals surface area contributed by atoms with E-state index in [-0.39, 0.29) is 6.10 Å². The second-order valence-corrected chi connectivity index (χ2v) is 4.07. The lowest BCUT2D eigenvalue weighted by Gasteiger charge is -2.23. The second-order valence-electron chi connectivity index (χ2n) is 3.80. The number of rotatable bonds is 2. The van der Waals surface area contributed by atoms with Gasteiger partial charge >= 0.3 is 0 Å². The minimum atomic E-state index is 0.127. The van der Waals surface area contributed by atoms with Gasteiger partial charge in [0.15, 0.2) is 0 Å². The maximum absolute atomic E-state index is 5.79. The average molecular weight is 252 g/mol. The van der Waals surface area contributed by atoms with Gasteiger partial charge in [0.05, 0.1) is 18.7 Å². The Kier molecular flexibility index (Phi) is 4.66. The van der Waals surface area contributed by atoms with Crippen molar-refractivity contribution < 1.29 is 9.47 Å². The summed E-state index contributed by atoms with van der Waals surface area (Å²) in [4.78, 5) is 4.09. The van der Waals surface area contributed by atoms with E-state index < -0.39 is 0 Å². The van der Waals surface area contributed by atoms with Gasteiger partial charge in [0.25, 0.3) is 0 Å². The van der Waals surface area contributed by atoms with Crippen molar-refractivity contribution in [1.29, 1.82) is 0 Å². The van der Waals surface area contributed by atoms with Crippen LogP contribution >= 0.6 is 11.6 Å². The molecule has 90 valence electrons. The van der Waals surface area contributed by atoms with Crippen LogP contribution in [0.5, 0.6) is 5.75 Å². The molecule has 1 fully saturated rings. The first-order valence-corrected chi connectivity index (χ1v) is 6.16. The van der Waals surface area contributed by atoms with Gasteiger partial charge < -0.3 is 9.47 Å². The van der Waals surface area contributed by atoms with Gasteiger partial charge in [-0.2, -0.15) is 0 Å². The van der Waals surface area contributed by atoms with E-state index in [1.807, 2.05) is 6.07 Å². The molecule has 3 nitrogen and oxygen atoms in total. The molecule has 0 bridgehead atoms. The monoisotopic (exact) mass is 251 g/mol. The minimum absolute atomic E-state index is 0.127. The molecule has 1 unspecified atom stereocenters. The summed E-state index contributed by atoms with van der Waals surface area (Å²) in [5.74, 6) is 6.77. The van der Waals surface area contributed by atoms with E-state index >= 15 is 0 Å². The van der Waals surface area contributed by atoms with Gasteiger partial charge in [0.2, 0.25) is 0 Å². The van der Waals surface area contributed by atoms with E-state index in [2.05, 4.69) is 16.8 Å². The molecule has 1 aromatic rings. The number of halogens is 1. The van der Waals surface area contributed by atoms with Crippen LogP contribution in [0.3, 0.4) is 0 Å². The molecule has 0 radical (unpaired) electrons. The molecule has 1 aliphatic rings. The molecule has 2 heterocycles. The third-order valence-corrected chi connectivity index (χ3v) is 2.57. The predicted octanol–water partition coefficient (Wildman–Crippen LogP) is 2.23. The highest BCUT2D eigenvalue weighted by Gasteiger charge is 2.15. The maximum atomic E-state index is 5.79. The molecule has 4 heteroatoms. The molecule has 17 heavy (non-hydrogen) atoms. The zero-order valence-corrected chi connectivity index (χ0v) is 10.2. The summed E-state index contributed by atoms with van der Waals surface area (Å²) in [6.45, 7) is 1.48. The molecule has 2 rings (SSSR count). The number of nitrogens with zero attached hydrogens (tertiary/aromatic N) is 1. The molecule has 0 spiro atoms. The largest absolute Gasteiger partial charge is 0.486 e. The summed E-state index contributed by atoms with van der Waals surface area (Å²) in [6.07, 6.45) is 5.59. The van der Waals surface area contributed by atoms with Crippen LogP contribution in [-0.4, -0.2) is 30.2 Å². The first-order chi connectivity index (χ1) is 8.38. The molecular formula is C13H14ClNO2. The van der Waals surface area contributed by atoms with Crippen LogP contribution in [0.25, 0.3) is 0 Å². The predicted molar refractivity (Wildman–Crippen MR) is 66.3 cm³/mol. The molecule has 1 aromatic heterocycles. The summed E-state index contributed by atoms with van der Waals surface area (Å²) in [5, 5.41) is 0. The fourth-order valence-electron chi connectivity index (χ4n) is 1.68. The highest BCUT2D eigenvalue weighted by molar-refractivity contribution is 6.19. The molecular weight excluding hydrogens is 238 g/mol. The van der Waals surface area contributed by atoms with Crippen LogP contribution in [0.1, 0.15) is 18.4 Å². The topological polar surface area (TPSA) is 31.4 Å². The molecule has 1 aliphatic heterocycles. The van der Waals surface area contributed by atoms with Crippen molar-refractivity contribution in [2.75, 3.05) is 19.1 Å². The van der Waals surface area contributed by atoms with Crippen LogP contribution in [0.4, 0.5) is 0 Å². The lowest BCUT2D eigenvalue weighted by Crippen LogP contribution is -2.28. The van der Waals surface area contributed by atoms with Gasteiger partial charge in [-0.05, 0) is 18.9 Å². The van der Waals surface area contributed by atoms with Crippen molar-refractivity contribution in [3.05, 3.63) is 24.0 Å². The number of alkyl halides is 1. The summed E-state index contributed by atoms with van der Waals surface area (Å²) in [7, 11) is 0. The van der Waals surface area contributed by atoms with Crippen molar-refractivity contribution in [2.45, 2.75) is 18.9 Å². The lowest BCUT2D eigenvalue weighted by molar-refractivity contribution is 0.00727. The Morgan fingerprint density at radius 1 is 1.53 bits per heavy atom. The van der Waals surface area contributed by atoms with Gasteiger partial charge in [-0.15, -0.1) is 11.6 Å². The number of ether oxygens (including phenoxy) is 2. The van der Waals surface area contributed by atoms with E-state index in [4.69, 9.17) is 21.1 Å². The first-order valence-electron chi connectivity index (χ1n) is 5.63. The van der Waals surface area contributed by atoms with Gasteiger partial charge in [-0.3, -0.25) is 4.98 Å². The van der Waals surface area contributed by atoms with E-state index in [1.54, 1.807) is 12.4 Å². The molecule has 0 aliphatic carbocycles. The smallest absolute Gasteiger partial charge is 0.139 e. The van der Waals surface area contributed by atoms with Crippen LogP contribution in [-0.2, 0) is 4.74 Å². The molecule has 1 saturated heterocycles. The van der Waals surface area contributed by atoms with Gasteiger partial charge in [-0.1, -0.05) is 11.8 Å². The number of hydrogen-bond donors (Lipinski definition) is 0. The van der Waals surface area contributed by atoms with Crippen LogP contribution in [0.15, 0.2) is 18.5 Å². The highest BCUT2D eigenvalue weighted by Crippen LogP contribution is 2.17. The molecule has 0 saturated carbocycles. The number of aromatic nitrogens is 1. The van der Waals surface area contributed by atoms with E-state index in [0.717, 1.165) is 30.8 Å². The van der Waals surface area contributed by atoms with Crippen LogP contribution in [0, 0.1) is 11.8 Å². The Balaban J connectivity index is 2.00. The Morgan fingerprint density at radius 3 is 3.24 bits per heavy atom. The zero-order valence-electron chi connectivity index (χ0n) is 9.49. The molecule has 1 atom stereocenters. The van der Waals surface area contributed by atoms with Crippen molar-refractivity contribution in [3.8, 4) is 17.6 Å². The highest BCUT2D eigenvalue weighted by atomic mass is 35.5. The quantitative estimate of drug-likeness (QED) is 0.597. The van der Waals surface area contributed by atoms with Gasteiger partial charge in [0, 0.05) is 18.4 Å². The van der Waals surface area contributed by atoms with E-state index in [9.17, 15) is 0 Å². The van der Waals surface area contributed by atoms with Crippen molar-refractivity contribution in [1.82, 2.24) is 4.98 Å². The van der Waals surface area contributed by atoms with Crippen molar-refractivity contribution in [3.63, 3.8) is 0 Å². The summed E-state index contributed by atoms with van der Waals surface area (Å²) in [5.41, 5.74) is 0.819. The lowest BCUT2D eigenvalue weighted by atomic mass is 10.2. The normalized spacial score (nSPS) is 19.2. The van der Waals surface area contributed by atoms with E-state index in [1.165, 1.54) is 0 Å². The SMILES string of the molecule is ClCC#Cc1cncc(OC2CCCOC2)c1. The summed E-state index contributed by atoms with van der Waals surface area (Å²) >= 11 is 5.51. The zero-order chi connectivity index (χ0) is 11.9. The van der Waals surface area contributed by atoms with Crippen molar-refractivity contribution in [2.24, 2.45) is 0 Å². The number of hydrogen-bond acceptors (Lipinski definition) is 3. The summed E-state index contributed by atoms with van der Waals surface area (Å²) in [6, 6.07) is 1.88. The Bertz CT molecular complexity index is 419. The standard InChI is InChI=1S/C13H14ClNO2/c14-5-1-3-11-7-13(9-15-8-11)17-12-4-2-6-16-10-12/h7-9,12H,2,4-6,10H2. The second kappa shape index (κ2) is 6.48. The fraction of sp³-hybridized carbons (Fsp3) is 0.462. The third-order valence-electron chi connectivity index (χ3n) is 2.43. The number of pyridine rings is 1. The first kappa shape index (κ1) is 12.2. The third kappa shape index (κ3) is 3.92. The Hall–Kier alpha value is -1.24. The van der Waals surface area contributed by atoms with Crippen LogP contribution in [0.2, 0.25) is 0 Å². The fourth-order valence-corrected chi connectivity index (χ4v) is 1.75. The molecule has 0 aromatic carbocycles. The minimum Gasteiger partial charge on any atom is -0.486 e.